The van der Waals surface area contributed by atoms with E-state index in [9.17, 15) is 14.7 Å². The van der Waals surface area contributed by atoms with Crippen molar-refractivity contribution in [1.82, 2.24) is 4.90 Å². The molecule has 3 rings (SSSR count). The Bertz CT molecular complexity index is 1040. The predicted octanol–water partition coefficient (Wildman–Crippen LogP) is 2.91. The number of aryl methyl sites for hydroxylation is 1. The number of ketones is 1. The first-order valence-electron chi connectivity index (χ1n) is 11.4. The highest BCUT2D eigenvalue weighted by molar-refractivity contribution is 6.46. The fourth-order valence-corrected chi connectivity index (χ4v) is 4.14. The molecule has 1 heterocycles. The average molecular weight is 450 g/mol. The van der Waals surface area contributed by atoms with Crippen LogP contribution in [0.4, 0.5) is 0 Å². The molecule has 0 aromatic heterocycles. The Morgan fingerprint density at radius 3 is 2.48 bits per heavy atom. The summed E-state index contributed by atoms with van der Waals surface area (Å²) in [6.07, 6.45) is 1.66. The Balaban J connectivity index is 2.09. The van der Waals surface area contributed by atoms with Crippen LogP contribution >= 0.6 is 0 Å². The summed E-state index contributed by atoms with van der Waals surface area (Å²) >= 11 is 0. The zero-order valence-electron chi connectivity index (χ0n) is 19.6. The fourth-order valence-electron chi connectivity index (χ4n) is 4.14. The molecule has 1 aliphatic heterocycles. The van der Waals surface area contributed by atoms with Crippen molar-refractivity contribution in [2.24, 2.45) is 0 Å². The van der Waals surface area contributed by atoms with E-state index in [1.807, 2.05) is 43.3 Å². The van der Waals surface area contributed by atoms with Crippen LogP contribution in [0.5, 0.6) is 5.75 Å². The summed E-state index contributed by atoms with van der Waals surface area (Å²) in [6, 6.07) is 13.9. The van der Waals surface area contributed by atoms with E-state index in [-0.39, 0.29) is 11.3 Å². The molecule has 174 valence electrons. The highest BCUT2D eigenvalue weighted by Gasteiger charge is 2.46. The first-order chi connectivity index (χ1) is 15.9. The highest BCUT2D eigenvalue weighted by atomic mass is 16.5. The molecule has 0 bridgehead atoms. The minimum Gasteiger partial charge on any atom is -0.507 e. The monoisotopic (exact) mass is 449 g/mol. The van der Waals surface area contributed by atoms with E-state index in [0.29, 0.717) is 31.0 Å². The van der Waals surface area contributed by atoms with Gasteiger partial charge in [0.05, 0.1) is 37.8 Å². The van der Waals surface area contributed by atoms with E-state index < -0.39 is 17.7 Å². The van der Waals surface area contributed by atoms with E-state index >= 15 is 0 Å². The number of carbonyl (C=O) groups is 2. The first kappa shape index (κ1) is 24.3. The highest BCUT2D eigenvalue weighted by Crippen LogP contribution is 2.40. The number of aliphatic hydroxyl groups excluding tert-OH is 1. The van der Waals surface area contributed by atoms with Gasteiger partial charge < -0.3 is 19.6 Å². The Morgan fingerprint density at radius 1 is 1.15 bits per heavy atom. The van der Waals surface area contributed by atoms with Gasteiger partial charge in [-0.25, -0.2) is 0 Å². The van der Waals surface area contributed by atoms with Gasteiger partial charge in [0.25, 0.3) is 11.7 Å². The number of likely N-dealkylation sites (tertiary alicyclic amines) is 1. The molecule has 1 atom stereocenters. The van der Waals surface area contributed by atoms with Crippen molar-refractivity contribution in [3.8, 4) is 5.75 Å². The van der Waals surface area contributed by atoms with Crippen molar-refractivity contribution < 1.29 is 24.3 Å². The minimum atomic E-state index is -0.687. The second kappa shape index (κ2) is 11.0. The molecule has 1 saturated heterocycles. The van der Waals surface area contributed by atoms with E-state index in [2.05, 4.69) is 20.4 Å². The van der Waals surface area contributed by atoms with Gasteiger partial charge in [0, 0.05) is 5.56 Å². The lowest BCUT2D eigenvalue weighted by Crippen LogP contribution is -3.12. The maximum atomic E-state index is 13.2. The summed E-state index contributed by atoms with van der Waals surface area (Å²) in [5, 5.41) is 11.2. The third kappa shape index (κ3) is 5.34. The average Bonchev–Trinajstić information content (AvgIpc) is 3.08. The van der Waals surface area contributed by atoms with Crippen molar-refractivity contribution in [2.45, 2.75) is 26.8 Å². The van der Waals surface area contributed by atoms with Crippen LogP contribution in [0.3, 0.4) is 0 Å². The second-order valence-corrected chi connectivity index (χ2v) is 8.24. The zero-order chi connectivity index (χ0) is 24.0. The van der Waals surface area contributed by atoms with Gasteiger partial charge >= 0.3 is 0 Å². The van der Waals surface area contributed by atoms with Crippen LogP contribution in [-0.4, -0.2) is 54.5 Å². The van der Waals surface area contributed by atoms with Crippen LogP contribution in [0.15, 0.2) is 66.8 Å². The molecule has 2 aromatic rings. The van der Waals surface area contributed by atoms with Crippen molar-refractivity contribution in [3.63, 3.8) is 0 Å². The summed E-state index contributed by atoms with van der Waals surface area (Å²) in [5.74, 6) is -0.793. The zero-order valence-corrected chi connectivity index (χ0v) is 19.6. The Labute approximate surface area is 195 Å². The molecular formula is C27H33N2O4+. The van der Waals surface area contributed by atoms with Gasteiger partial charge in [0.2, 0.25) is 0 Å². The Kier molecular flexibility index (Phi) is 8.06. The molecule has 1 amide bonds. The number of nitrogens with one attached hydrogen (secondary N) is 1. The number of hydrogen-bond donors (Lipinski definition) is 2. The van der Waals surface area contributed by atoms with E-state index in [4.69, 9.17) is 4.74 Å². The third-order valence-electron chi connectivity index (χ3n) is 6.11. The van der Waals surface area contributed by atoms with Gasteiger partial charge in [-0.15, -0.1) is 0 Å². The van der Waals surface area contributed by atoms with Crippen molar-refractivity contribution >= 4 is 17.4 Å². The second-order valence-electron chi connectivity index (χ2n) is 8.24. The standard InChI is InChI=1S/C27H32N2O4/c1-5-17-33-22-10-8-9-21(18-22)24-23(25(30)20-13-11-19(4)12-14-20)26(31)27(32)29(24)16-15-28(6-2)7-3/h5,8-14,18,24,30H,1,6-7,15-17H2,2-4H3/p+1/t24-/m0/s1. The summed E-state index contributed by atoms with van der Waals surface area (Å²) in [4.78, 5) is 29.2. The number of benzene rings is 2. The number of carbonyl (C=O) groups excluding carboxylic acids is 2. The van der Waals surface area contributed by atoms with Crippen molar-refractivity contribution in [1.29, 1.82) is 0 Å². The first-order valence-corrected chi connectivity index (χ1v) is 11.4. The largest absolute Gasteiger partial charge is 0.507 e. The summed E-state index contributed by atoms with van der Waals surface area (Å²) in [5.41, 5.74) is 2.38. The normalized spacial score (nSPS) is 17.6. The molecule has 6 nitrogen and oxygen atoms in total. The fraction of sp³-hybridized carbons (Fsp3) is 0.333. The molecule has 2 N–H and O–H groups in total. The van der Waals surface area contributed by atoms with Crippen LogP contribution in [0, 0.1) is 6.92 Å². The number of ether oxygens (including phenoxy) is 1. The molecule has 2 aromatic carbocycles. The lowest BCUT2D eigenvalue weighted by Gasteiger charge is -2.27. The summed E-state index contributed by atoms with van der Waals surface area (Å²) in [7, 11) is 0. The molecule has 6 heteroatoms. The number of aliphatic hydroxyl groups is 1. The number of rotatable bonds is 10. The number of nitrogens with zero attached hydrogens (tertiary/aromatic N) is 1. The number of Topliss-reactive ketones (excluding diaryl/α,β-unsaturated/α-hetero) is 1. The molecule has 0 aliphatic carbocycles. The van der Waals surface area contributed by atoms with E-state index in [0.717, 1.165) is 24.2 Å². The molecule has 1 aliphatic rings. The molecule has 0 unspecified atom stereocenters. The van der Waals surface area contributed by atoms with Gasteiger partial charge in [0.1, 0.15) is 18.1 Å². The van der Waals surface area contributed by atoms with Gasteiger partial charge in [-0.3, -0.25) is 9.59 Å². The van der Waals surface area contributed by atoms with Crippen LogP contribution in [0.1, 0.15) is 36.6 Å². The van der Waals surface area contributed by atoms with E-state index in [1.54, 1.807) is 23.1 Å². The smallest absolute Gasteiger partial charge is 0.295 e. The summed E-state index contributed by atoms with van der Waals surface area (Å²) < 4.78 is 5.68. The van der Waals surface area contributed by atoms with Crippen LogP contribution < -0.4 is 9.64 Å². The number of amides is 1. The van der Waals surface area contributed by atoms with Crippen molar-refractivity contribution in [2.75, 3.05) is 32.8 Å². The Morgan fingerprint density at radius 2 is 1.85 bits per heavy atom. The molecule has 33 heavy (non-hydrogen) atoms. The van der Waals surface area contributed by atoms with Crippen molar-refractivity contribution in [3.05, 3.63) is 83.4 Å². The van der Waals surface area contributed by atoms with Gasteiger partial charge in [-0.05, 0) is 38.5 Å². The number of hydrogen-bond acceptors (Lipinski definition) is 4. The topological polar surface area (TPSA) is 71.3 Å². The summed E-state index contributed by atoms with van der Waals surface area (Å²) in [6.45, 7) is 13.2. The van der Waals surface area contributed by atoms with Crippen LogP contribution in [0.25, 0.3) is 5.76 Å². The third-order valence-corrected chi connectivity index (χ3v) is 6.11. The minimum absolute atomic E-state index is 0.110. The SMILES string of the molecule is C=CCOc1cccc([C@H]2C(=C(O)c3ccc(C)cc3)C(=O)C(=O)N2CC[NH+](CC)CC)c1. The number of likely N-dealkylation sites (N-methyl/N-ethyl adjacent to an activating group) is 1. The predicted molar refractivity (Wildman–Crippen MR) is 129 cm³/mol. The van der Waals surface area contributed by atoms with Crippen LogP contribution in [-0.2, 0) is 9.59 Å². The molecule has 1 fully saturated rings. The lowest BCUT2D eigenvalue weighted by molar-refractivity contribution is -0.895. The maximum Gasteiger partial charge on any atom is 0.295 e. The Hall–Kier alpha value is -3.38. The van der Waals surface area contributed by atoms with E-state index in [1.165, 1.54) is 4.90 Å². The number of quaternary nitrogens is 1. The maximum absolute atomic E-state index is 13.2. The molecule has 0 radical (unpaired) electrons. The molecule has 0 spiro atoms. The van der Waals surface area contributed by atoms with Gasteiger partial charge in [0.15, 0.2) is 0 Å². The van der Waals surface area contributed by atoms with Crippen LogP contribution in [0.2, 0.25) is 0 Å². The lowest BCUT2D eigenvalue weighted by atomic mass is 9.95. The van der Waals surface area contributed by atoms with Gasteiger partial charge in [-0.2, -0.15) is 0 Å². The quantitative estimate of drug-likeness (QED) is 0.253. The molecule has 0 saturated carbocycles. The van der Waals surface area contributed by atoms with Gasteiger partial charge in [-0.1, -0.05) is 54.6 Å². The molecular weight excluding hydrogens is 416 g/mol.